The zero-order chi connectivity index (χ0) is 29.4. The van der Waals surface area contributed by atoms with Crippen LogP contribution in [0.3, 0.4) is 0 Å². The minimum absolute atomic E-state index is 0.00695. The Bertz CT molecular complexity index is 1080. The molecule has 224 valence electrons. The molecule has 7 nitrogen and oxygen atoms in total. The Labute approximate surface area is 250 Å². The molecule has 3 amide bonds. The van der Waals surface area contributed by atoms with Gasteiger partial charge in [-0.3, -0.25) is 14.4 Å². The lowest BCUT2D eigenvalue weighted by Gasteiger charge is -2.37. The van der Waals surface area contributed by atoms with Crippen LogP contribution in [0, 0.1) is 11.8 Å². The van der Waals surface area contributed by atoms with Gasteiger partial charge < -0.3 is 19.8 Å². The number of fused-ring (bicyclic) bond motifs is 1. The molecular formula is C33H47N3O4S. The predicted octanol–water partition coefficient (Wildman–Crippen LogP) is 4.66. The van der Waals surface area contributed by atoms with Crippen LogP contribution in [-0.2, 0) is 20.9 Å². The van der Waals surface area contributed by atoms with Crippen LogP contribution in [0.5, 0.6) is 0 Å². The summed E-state index contributed by atoms with van der Waals surface area (Å²) in [6.45, 7) is 12.5. The Balaban J connectivity index is 1.65. The number of aliphatic hydroxyl groups excluding tert-OH is 1. The van der Waals surface area contributed by atoms with Crippen molar-refractivity contribution in [1.29, 1.82) is 0 Å². The highest BCUT2D eigenvalue weighted by Gasteiger charge is 2.73. The molecule has 2 bridgehead atoms. The third kappa shape index (κ3) is 6.43. The molecule has 5 atom stereocenters. The number of hydrogen-bond acceptors (Lipinski definition) is 5. The Kier molecular flexibility index (Phi) is 11.1. The standard InChI is InChI=1S/C33H47N3O4S/c1-4-7-12-21-34(19-5-2)32(40)29-33-18-17-26(41-33)27(28(33)31(39)36(29)22-13-9-14-23-37)30(38)35(20-6-3)24-25-15-10-8-11-16-25/h5-6,8,10-11,15-16,26-29,37H,2-4,7,9,12-14,17-24H2,1H3/t26-,27+,28+,29?,33?/m1/s1. The zero-order valence-corrected chi connectivity index (χ0v) is 25.4. The minimum Gasteiger partial charge on any atom is -0.396 e. The van der Waals surface area contributed by atoms with Gasteiger partial charge in [-0.25, -0.2) is 0 Å². The lowest BCUT2D eigenvalue weighted by molar-refractivity contribution is -0.145. The first kappa shape index (κ1) is 31.4. The maximum atomic E-state index is 14.4. The Hall–Kier alpha value is -2.58. The van der Waals surface area contributed by atoms with Crippen LogP contribution in [0.1, 0.15) is 63.9 Å². The van der Waals surface area contributed by atoms with E-state index < -0.39 is 22.6 Å². The maximum absolute atomic E-state index is 14.4. The van der Waals surface area contributed by atoms with Crippen molar-refractivity contribution in [3.8, 4) is 0 Å². The van der Waals surface area contributed by atoms with E-state index in [1.165, 1.54) is 0 Å². The van der Waals surface area contributed by atoms with Crippen molar-refractivity contribution < 1.29 is 19.5 Å². The van der Waals surface area contributed by atoms with Crippen molar-refractivity contribution >= 4 is 29.5 Å². The molecule has 1 spiro atoms. The summed E-state index contributed by atoms with van der Waals surface area (Å²) in [6, 6.07) is 9.34. The van der Waals surface area contributed by atoms with E-state index in [0.29, 0.717) is 39.1 Å². The van der Waals surface area contributed by atoms with Crippen molar-refractivity contribution in [2.45, 2.75) is 80.9 Å². The second-order valence-corrected chi connectivity index (χ2v) is 13.2. The van der Waals surface area contributed by atoms with Crippen molar-refractivity contribution in [3.63, 3.8) is 0 Å². The number of carbonyl (C=O) groups is 3. The highest BCUT2D eigenvalue weighted by molar-refractivity contribution is 8.02. The van der Waals surface area contributed by atoms with Gasteiger partial charge in [-0.15, -0.1) is 24.9 Å². The number of unbranched alkanes of at least 4 members (excludes halogenated alkanes) is 4. The molecule has 0 radical (unpaired) electrons. The van der Waals surface area contributed by atoms with E-state index in [0.717, 1.165) is 50.5 Å². The maximum Gasteiger partial charge on any atom is 0.247 e. The number of hydrogen-bond donors (Lipinski definition) is 1. The molecular weight excluding hydrogens is 534 g/mol. The molecule has 0 aromatic heterocycles. The molecule has 0 aliphatic carbocycles. The average Bonchev–Trinajstić information content (AvgIpc) is 3.62. The fourth-order valence-electron chi connectivity index (χ4n) is 7.10. The first-order chi connectivity index (χ1) is 19.9. The van der Waals surface area contributed by atoms with Gasteiger partial charge in [-0.05, 0) is 44.1 Å². The van der Waals surface area contributed by atoms with Gasteiger partial charge in [-0.2, -0.15) is 0 Å². The van der Waals surface area contributed by atoms with E-state index in [4.69, 9.17) is 0 Å². The zero-order valence-electron chi connectivity index (χ0n) is 24.6. The summed E-state index contributed by atoms with van der Waals surface area (Å²) in [7, 11) is 0. The van der Waals surface area contributed by atoms with Crippen LogP contribution in [-0.4, -0.2) is 86.4 Å². The summed E-state index contributed by atoms with van der Waals surface area (Å²) in [6.07, 6.45) is 10.3. The second-order valence-electron chi connectivity index (χ2n) is 11.6. The van der Waals surface area contributed by atoms with Gasteiger partial charge in [0.25, 0.3) is 0 Å². The fraction of sp³-hybridized carbons (Fsp3) is 0.606. The summed E-state index contributed by atoms with van der Waals surface area (Å²) in [4.78, 5) is 48.5. The lowest BCUT2D eigenvalue weighted by atomic mass is 9.70. The molecule has 3 saturated heterocycles. The topological polar surface area (TPSA) is 81.2 Å². The highest BCUT2D eigenvalue weighted by atomic mass is 32.2. The molecule has 1 aromatic carbocycles. The summed E-state index contributed by atoms with van der Waals surface area (Å²) in [5.41, 5.74) is 1.04. The van der Waals surface area contributed by atoms with Gasteiger partial charge in [0.2, 0.25) is 17.7 Å². The number of benzene rings is 1. The second kappa shape index (κ2) is 14.5. The van der Waals surface area contributed by atoms with Gasteiger partial charge in [0.1, 0.15) is 6.04 Å². The number of amides is 3. The number of rotatable bonds is 17. The van der Waals surface area contributed by atoms with Crippen LogP contribution in [0.25, 0.3) is 0 Å². The van der Waals surface area contributed by atoms with Crippen LogP contribution in [0.15, 0.2) is 55.6 Å². The first-order valence-corrected chi connectivity index (χ1v) is 16.2. The van der Waals surface area contributed by atoms with Crippen molar-refractivity contribution in [2.75, 3.05) is 32.8 Å². The Morgan fingerprint density at radius 2 is 1.78 bits per heavy atom. The monoisotopic (exact) mass is 581 g/mol. The normalized spacial score (nSPS) is 26.2. The van der Waals surface area contributed by atoms with Gasteiger partial charge in [0.15, 0.2) is 0 Å². The number of aliphatic hydroxyl groups is 1. The molecule has 8 heteroatoms. The minimum atomic E-state index is -0.590. The van der Waals surface area contributed by atoms with E-state index in [9.17, 15) is 19.5 Å². The van der Waals surface area contributed by atoms with E-state index in [-0.39, 0.29) is 29.6 Å². The average molecular weight is 582 g/mol. The third-order valence-electron chi connectivity index (χ3n) is 8.95. The summed E-state index contributed by atoms with van der Waals surface area (Å²) < 4.78 is -0.590. The Morgan fingerprint density at radius 1 is 1.05 bits per heavy atom. The summed E-state index contributed by atoms with van der Waals surface area (Å²) >= 11 is 1.73. The molecule has 2 unspecified atom stereocenters. The quantitative estimate of drug-likeness (QED) is 0.214. The SMILES string of the molecule is C=CCN(CCCCC)C(=O)C1N(CCCCCO)C(=O)[C@@H]2[C@@H](C(=O)N(CC=C)Cc3ccccc3)[C@H]3CCC12S3. The molecule has 1 N–H and O–H groups in total. The van der Waals surface area contributed by atoms with Crippen LogP contribution in [0.4, 0.5) is 0 Å². The molecule has 3 fully saturated rings. The molecule has 4 rings (SSSR count). The Morgan fingerprint density at radius 3 is 2.46 bits per heavy atom. The molecule has 3 aliphatic rings. The largest absolute Gasteiger partial charge is 0.396 e. The first-order valence-electron chi connectivity index (χ1n) is 15.4. The highest BCUT2D eigenvalue weighted by Crippen LogP contribution is 2.66. The van der Waals surface area contributed by atoms with Crippen LogP contribution < -0.4 is 0 Å². The van der Waals surface area contributed by atoms with Gasteiger partial charge >= 0.3 is 0 Å². The lowest BCUT2D eigenvalue weighted by Crippen LogP contribution is -2.55. The number of carbonyl (C=O) groups excluding carboxylic acids is 3. The predicted molar refractivity (Wildman–Crippen MR) is 165 cm³/mol. The molecule has 3 aliphatic heterocycles. The van der Waals surface area contributed by atoms with Crippen molar-refractivity contribution in [1.82, 2.24) is 14.7 Å². The van der Waals surface area contributed by atoms with Gasteiger partial charge in [0, 0.05) is 44.6 Å². The smallest absolute Gasteiger partial charge is 0.247 e. The molecule has 0 saturated carbocycles. The third-order valence-corrected chi connectivity index (χ3v) is 10.9. The van der Waals surface area contributed by atoms with Crippen LogP contribution >= 0.6 is 11.8 Å². The van der Waals surface area contributed by atoms with Gasteiger partial charge in [0.05, 0.1) is 16.6 Å². The summed E-state index contributed by atoms with van der Waals surface area (Å²) in [5, 5.41) is 9.32. The van der Waals surface area contributed by atoms with Gasteiger partial charge in [-0.1, -0.05) is 62.2 Å². The molecule has 3 heterocycles. The van der Waals surface area contributed by atoms with E-state index in [1.54, 1.807) is 23.9 Å². The van der Waals surface area contributed by atoms with Crippen molar-refractivity contribution in [3.05, 3.63) is 61.2 Å². The number of nitrogens with zero attached hydrogens (tertiary/aromatic N) is 3. The molecule has 1 aromatic rings. The van der Waals surface area contributed by atoms with E-state index in [1.807, 2.05) is 45.0 Å². The van der Waals surface area contributed by atoms with E-state index >= 15 is 0 Å². The number of likely N-dealkylation sites (tertiary alicyclic amines) is 1. The fourth-order valence-corrected chi connectivity index (χ4v) is 9.31. The molecule has 41 heavy (non-hydrogen) atoms. The van der Waals surface area contributed by atoms with Crippen LogP contribution in [0.2, 0.25) is 0 Å². The van der Waals surface area contributed by atoms with E-state index in [2.05, 4.69) is 20.1 Å². The summed E-state index contributed by atoms with van der Waals surface area (Å²) in [5.74, 6) is -1.02. The van der Waals surface area contributed by atoms with Crippen molar-refractivity contribution in [2.24, 2.45) is 11.8 Å². The number of thioether (sulfide) groups is 1.